The van der Waals surface area contributed by atoms with Gasteiger partial charge in [0.15, 0.2) is 0 Å². The number of aromatic nitrogens is 4. The Balaban J connectivity index is 1.20. The number of phenols is 1. The van der Waals surface area contributed by atoms with E-state index < -0.39 is 0 Å². The summed E-state index contributed by atoms with van der Waals surface area (Å²) in [7, 11) is 0. The van der Waals surface area contributed by atoms with Gasteiger partial charge in [-0.15, -0.1) is 0 Å². The molecular formula is C35H30N4O. The lowest BCUT2D eigenvalue weighted by atomic mass is 9.48. The van der Waals surface area contributed by atoms with Crippen molar-refractivity contribution in [2.24, 2.45) is 11.3 Å². The third-order valence-corrected chi connectivity index (χ3v) is 9.40. The molecule has 0 saturated heterocycles. The Morgan fingerprint density at radius 3 is 2.35 bits per heavy atom. The van der Waals surface area contributed by atoms with Gasteiger partial charge in [-0.2, -0.15) is 5.10 Å². The maximum Gasteiger partial charge on any atom is 0.142 e. The van der Waals surface area contributed by atoms with Crippen molar-refractivity contribution < 1.29 is 5.11 Å². The molecule has 196 valence electrons. The Kier molecular flexibility index (Phi) is 4.90. The molecule has 3 aliphatic carbocycles. The van der Waals surface area contributed by atoms with Crippen LogP contribution < -0.4 is 0 Å². The first-order valence-electron chi connectivity index (χ1n) is 14.0. The number of para-hydroxylation sites is 3. The van der Waals surface area contributed by atoms with Gasteiger partial charge in [-0.25, -0.2) is 9.67 Å². The Morgan fingerprint density at radius 1 is 0.850 bits per heavy atom. The lowest BCUT2D eigenvalue weighted by Crippen LogP contribution is -2.48. The number of hydrogen-bond acceptors (Lipinski definition) is 3. The van der Waals surface area contributed by atoms with E-state index in [1.165, 1.54) is 28.9 Å². The zero-order valence-corrected chi connectivity index (χ0v) is 22.6. The van der Waals surface area contributed by atoms with Crippen LogP contribution in [0.25, 0.3) is 50.5 Å². The van der Waals surface area contributed by atoms with Crippen LogP contribution in [0, 0.1) is 11.3 Å². The van der Waals surface area contributed by atoms with E-state index in [0.29, 0.717) is 28.6 Å². The fourth-order valence-corrected chi connectivity index (χ4v) is 6.88. The van der Waals surface area contributed by atoms with Crippen LogP contribution in [0.3, 0.4) is 0 Å². The summed E-state index contributed by atoms with van der Waals surface area (Å²) in [6.07, 6.45) is 2.33. The van der Waals surface area contributed by atoms with Crippen LogP contribution in [0.15, 0.2) is 97.1 Å². The summed E-state index contributed by atoms with van der Waals surface area (Å²) in [5.74, 6) is 2.11. The number of aromatic amines is 1. The van der Waals surface area contributed by atoms with Crippen molar-refractivity contribution in [1.82, 2.24) is 19.7 Å². The molecule has 5 nitrogen and oxygen atoms in total. The van der Waals surface area contributed by atoms with E-state index in [2.05, 4.69) is 78.1 Å². The Hall–Kier alpha value is -4.64. The van der Waals surface area contributed by atoms with Crippen LogP contribution in [0.5, 0.6) is 5.75 Å². The van der Waals surface area contributed by atoms with Crippen LogP contribution >= 0.6 is 0 Å². The smallest absolute Gasteiger partial charge is 0.142 e. The minimum atomic E-state index is 0.208. The van der Waals surface area contributed by atoms with E-state index in [9.17, 15) is 5.11 Å². The molecule has 2 atom stereocenters. The minimum absolute atomic E-state index is 0.208. The first-order valence-corrected chi connectivity index (χ1v) is 14.0. The van der Waals surface area contributed by atoms with Crippen molar-refractivity contribution in [3.63, 3.8) is 0 Å². The zero-order chi connectivity index (χ0) is 27.0. The zero-order valence-electron chi connectivity index (χ0n) is 22.6. The summed E-state index contributed by atoms with van der Waals surface area (Å²) in [5.41, 5.74) is 11.1. The molecule has 0 amide bonds. The lowest BCUT2D eigenvalue weighted by molar-refractivity contribution is 0.0163. The molecule has 9 rings (SSSR count). The number of aromatic hydroxyl groups is 1. The summed E-state index contributed by atoms with van der Waals surface area (Å²) in [5, 5.41) is 15.9. The highest BCUT2D eigenvalue weighted by atomic mass is 16.3. The summed E-state index contributed by atoms with van der Waals surface area (Å²) >= 11 is 0. The van der Waals surface area contributed by atoms with Crippen LogP contribution in [0.2, 0.25) is 0 Å². The van der Waals surface area contributed by atoms with Crippen molar-refractivity contribution in [2.75, 3.05) is 0 Å². The molecule has 2 heterocycles. The maximum absolute atomic E-state index is 10.7. The Bertz CT molecular complexity index is 1860. The van der Waals surface area contributed by atoms with Crippen LogP contribution in [-0.2, 0) is 6.42 Å². The number of nitrogens with zero attached hydrogens (tertiary/aromatic N) is 3. The number of H-pyrrole nitrogens is 1. The van der Waals surface area contributed by atoms with Crippen molar-refractivity contribution in [1.29, 1.82) is 0 Å². The predicted molar refractivity (Wildman–Crippen MR) is 160 cm³/mol. The van der Waals surface area contributed by atoms with Gasteiger partial charge in [-0.05, 0) is 71.7 Å². The third-order valence-electron chi connectivity index (χ3n) is 9.40. The molecule has 40 heavy (non-hydrogen) atoms. The second kappa shape index (κ2) is 8.43. The molecule has 3 aliphatic rings. The third kappa shape index (κ3) is 3.40. The molecule has 6 aromatic rings. The number of hydrogen-bond donors (Lipinski definition) is 2. The van der Waals surface area contributed by atoms with Gasteiger partial charge in [0.1, 0.15) is 11.6 Å². The second-order valence-corrected chi connectivity index (χ2v) is 11.9. The SMILES string of the molecule is CC1(C)C2Cc3c(nn(-c4ccccc4)c3-c3ccc(-c4ccc(O)c(-c5nc6ccccc6[nH]5)c4)cc3)C1C2. The van der Waals surface area contributed by atoms with Gasteiger partial charge in [0.05, 0.1) is 33.7 Å². The molecular weight excluding hydrogens is 492 g/mol. The van der Waals surface area contributed by atoms with Crippen LogP contribution in [-0.4, -0.2) is 24.9 Å². The Morgan fingerprint density at radius 2 is 1.57 bits per heavy atom. The van der Waals surface area contributed by atoms with E-state index in [0.717, 1.165) is 34.3 Å². The standard InChI is InChI=1S/C35H30N4O/c1-35(2)24-19-27-32(28(35)20-24)38-39(25-8-4-3-5-9-25)33(27)22-14-12-21(13-15-22)23-16-17-31(40)26(18-23)34-36-29-10-6-7-11-30(29)37-34/h3-18,24,28,40H,19-20H2,1-2H3,(H,36,37). The second-order valence-electron chi connectivity index (χ2n) is 11.9. The van der Waals surface area contributed by atoms with Gasteiger partial charge in [-0.1, -0.05) is 74.5 Å². The molecule has 2 unspecified atom stereocenters. The van der Waals surface area contributed by atoms with Gasteiger partial charge >= 0.3 is 0 Å². The van der Waals surface area contributed by atoms with Gasteiger partial charge in [0.25, 0.3) is 0 Å². The average molecular weight is 523 g/mol. The maximum atomic E-state index is 10.7. The van der Waals surface area contributed by atoms with Gasteiger partial charge in [0.2, 0.25) is 0 Å². The summed E-state index contributed by atoms with van der Waals surface area (Å²) in [6, 6.07) is 32.9. The Labute approximate surface area is 233 Å². The molecule has 0 aliphatic heterocycles. The number of benzene rings is 4. The van der Waals surface area contributed by atoms with E-state index in [-0.39, 0.29) is 5.75 Å². The van der Waals surface area contributed by atoms with E-state index >= 15 is 0 Å². The fourth-order valence-electron chi connectivity index (χ4n) is 6.88. The van der Waals surface area contributed by atoms with Gasteiger partial charge in [0, 0.05) is 17.0 Å². The molecule has 2 bridgehead atoms. The molecule has 0 radical (unpaired) electrons. The highest BCUT2D eigenvalue weighted by Crippen LogP contribution is 2.63. The van der Waals surface area contributed by atoms with Crippen LogP contribution in [0.4, 0.5) is 0 Å². The molecule has 4 aromatic carbocycles. The van der Waals surface area contributed by atoms with Gasteiger partial charge < -0.3 is 10.1 Å². The molecule has 2 N–H and O–H groups in total. The highest BCUT2D eigenvalue weighted by molar-refractivity contribution is 5.83. The minimum Gasteiger partial charge on any atom is -0.507 e. The van der Waals surface area contributed by atoms with E-state index in [4.69, 9.17) is 10.1 Å². The number of rotatable bonds is 4. The first kappa shape index (κ1) is 23.3. The molecule has 1 fully saturated rings. The molecule has 1 saturated carbocycles. The number of nitrogens with one attached hydrogen (secondary N) is 1. The van der Waals surface area contributed by atoms with Crippen molar-refractivity contribution >= 4 is 11.0 Å². The van der Waals surface area contributed by atoms with Gasteiger partial charge in [-0.3, -0.25) is 0 Å². The van der Waals surface area contributed by atoms with Crippen molar-refractivity contribution in [3.05, 3.63) is 108 Å². The monoisotopic (exact) mass is 522 g/mol. The first-order chi connectivity index (χ1) is 19.5. The average Bonchev–Trinajstić information content (AvgIpc) is 3.60. The molecule has 2 aromatic heterocycles. The highest BCUT2D eigenvalue weighted by Gasteiger charge is 2.54. The number of imidazole rings is 1. The van der Waals surface area contributed by atoms with E-state index in [1.807, 2.05) is 36.4 Å². The lowest BCUT2D eigenvalue weighted by Gasteiger charge is -2.55. The fraction of sp³-hybridized carbons (Fsp3) is 0.200. The molecule has 5 heteroatoms. The van der Waals surface area contributed by atoms with Crippen molar-refractivity contribution in [2.45, 2.75) is 32.6 Å². The summed E-state index contributed by atoms with van der Waals surface area (Å²) < 4.78 is 2.16. The quantitative estimate of drug-likeness (QED) is 0.246. The van der Waals surface area contributed by atoms with Crippen molar-refractivity contribution in [3.8, 4) is 45.2 Å². The largest absolute Gasteiger partial charge is 0.507 e. The number of fused-ring (bicyclic) bond motifs is 1. The van der Waals surface area contributed by atoms with E-state index in [1.54, 1.807) is 6.07 Å². The van der Waals surface area contributed by atoms with Crippen LogP contribution in [0.1, 0.15) is 37.4 Å². The normalized spacial score (nSPS) is 18.9. The number of phenolic OH excluding ortho intramolecular Hbond substituents is 1. The molecule has 0 spiro atoms. The summed E-state index contributed by atoms with van der Waals surface area (Å²) in [6.45, 7) is 4.81. The topological polar surface area (TPSA) is 66.7 Å². The predicted octanol–water partition coefficient (Wildman–Crippen LogP) is 8.14. The summed E-state index contributed by atoms with van der Waals surface area (Å²) in [4.78, 5) is 8.04.